The molecule has 2 saturated carbocycles. The Balaban J connectivity index is 1.17. The zero-order valence-corrected chi connectivity index (χ0v) is 20.8. The molecule has 1 aliphatic heterocycles. The molecule has 2 atom stereocenters. The van der Waals surface area contributed by atoms with Crippen LogP contribution in [0, 0.1) is 5.92 Å². The van der Waals surface area contributed by atoms with Gasteiger partial charge in [0.05, 0.1) is 16.5 Å². The molecule has 0 unspecified atom stereocenters. The zero-order valence-electron chi connectivity index (χ0n) is 20.0. The molecular weight excluding hydrogens is 450 g/mol. The van der Waals surface area contributed by atoms with Crippen LogP contribution in [0.5, 0.6) is 0 Å². The number of amides is 1. The van der Waals surface area contributed by atoms with E-state index in [0.29, 0.717) is 10.8 Å². The minimum atomic E-state index is -0.0607. The van der Waals surface area contributed by atoms with Crippen molar-refractivity contribution in [2.75, 3.05) is 0 Å². The number of aryl methyl sites for hydroxylation is 1. The van der Waals surface area contributed by atoms with Crippen molar-refractivity contribution in [3.05, 3.63) is 82.4 Å². The molecule has 0 spiro atoms. The number of hydrogen-bond donors (Lipinski definition) is 1. The predicted octanol–water partition coefficient (Wildman–Crippen LogP) is 6.86. The maximum Gasteiger partial charge on any atom is 0.264 e. The standard InChI is InChI=1S/C30H31N3OS/c34-29-28(35-30(33-29)32-27-19-25(27)22-9-5-2-6-10-22)18-21-12-14-26-24(17-21)23(15-16-31-26)13-11-20-7-3-1-4-8-20/h2,5-6,9-10,12,14-18,20,25,27H,1,3-4,7-8,11,13,19H2,(H,32,33,34)/b28-18-/t25-,27+/m1/s1. The number of aliphatic imine (C=N–C) groups is 1. The Morgan fingerprint density at radius 1 is 1.06 bits per heavy atom. The highest BCUT2D eigenvalue weighted by Gasteiger charge is 2.39. The Hall–Kier alpha value is -2.92. The van der Waals surface area contributed by atoms with Gasteiger partial charge in [0.1, 0.15) is 0 Å². The number of rotatable bonds is 6. The Morgan fingerprint density at radius 2 is 1.91 bits per heavy atom. The van der Waals surface area contributed by atoms with E-state index in [9.17, 15) is 4.79 Å². The number of nitrogens with zero attached hydrogens (tertiary/aromatic N) is 2. The molecule has 3 aliphatic rings. The molecule has 0 radical (unpaired) electrons. The van der Waals surface area contributed by atoms with Crippen molar-refractivity contribution in [2.45, 2.75) is 63.3 Å². The highest BCUT2D eigenvalue weighted by Crippen LogP contribution is 2.44. The van der Waals surface area contributed by atoms with E-state index in [1.807, 2.05) is 18.3 Å². The smallest absolute Gasteiger partial charge is 0.264 e. The van der Waals surface area contributed by atoms with Gasteiger partial charge in [-0.25, -0.2) is 0 Å². The third-order valence-electron chi connectivity index (χ3n) is 7.62. The second-order valence-corrected chi connectivity index (χ2v) is 11.1. The van der Waals surface area contributed by atoms with Gasteiger partial charge in [-0.15, -0.1) is 0 Å². The summed E-state index contributed by atoms with van der Waals surface area (Å²) in [6, 6.07) is 19.3. The van der Waals surface area contributed by atoms with Gasteiger partial charge in [0.2, 0.25) is 0 Å². The largest absolute Gasteiger partial charge is 0.301 e. The number of amidine groups is 1. The van der Waals surface area contributed by atoms with E-state index in [2.05, 4.69) is 58.8 Å². The van der Waals surface area contributed by atoms with E-state index < -0.39 is 0 Å². The second kappa shape index (κ2) is 9.98. The molecule has 1 aromatic heterocycles. The quantitative estimate of drug-likeness (QED) is 0.391. The third-order valence-corrected chi connectivity index (χ3v) is 8.54. The van der Waals surface area contributed by atoms with E-state index in [0.717, 1.165) is 35.0 Å². The highest BCUT2D eigenvalue weighted by molar-refractivity contribution is 8.18. The fraction of sp³-hybridized carbons (Fsp3) is 0.367. The van der Waals surface area contributed by atoms with Gasteiger partial charge in [0, 0.05) is 17.5 Å². The highest BCUT2D eigenvalue weighted by atomic mass is 32.2. The van der Waals surface area contributed by atoms with Crippen LogP contribution in [0.15, 0.2) is 70.7 Å². The molecule has 2 aliphatic carbocycles. The SMILES string of the molecule is O=C1NC(=N[C@H]2C[C@@H]2c2ccccc2)S/C1=C\c1ccc2nccc(CCC3CCCCC3)c2c1. The van der Waals surface area contributed by atoms with Crippen molar-refractivity contribution in [2.24, 2.45) is 10.9 Å². The molecule has 2 heterocycles. The molecule has 35 heavy (non-hydrogen) atoms. The molecule has 1 amide bonds. The number of aromatic nitrogens is 1. The van der Waals surface area contributed by atoms with Crippen LogP contribution in [0.2, 0.25) is 0 Å². The Morgan fingerprint density at radius 3 is 2.77 bits per heavy atom. The maximum atomic E-state index is 12.7. The van der Waals surface area contributed by atoms with Crippen molar-refractivity contribution in [3.63, 3.8) is 0 Å². The van der Waals surface area contributed by atoms with Crippen LogP contribution in [0.1, 0.15) is 67.6 Å². The molecule has 178 valence electrons. The van der Waals surface area contributed by atoms with Crippen molar-refractivity contribution in [1.29, 1.82) is 0 Å². The van der Waals surface area contributed by atoms with Crippen molar-refractivity contribution < 1.29 is 4.79 Å². The van der Waals surface area contributed by atoms with Crippen LogP contribution in [-0.2, 0) is 11.2 Å². The molecule has 3 aromatic rings. The average Bonchev–Trinajstić information content (AvgIpc) is 3.58. The number of benzene rings is 2. The zero-order chi connectivity index (χ0) is 23.6. The van der Waals surface area contributed by atoms with Crippen LogP contribution in [0.4, 0.5) is 0 Å². The van der Waals surface area contributed by atoms with Gasteiger partial charge in [0.25, 0.3) is 5.91 Å². The molecule has 3 fully saturated rings. The van der Waals surface area contributed by atoms with Gasteiger partial charge >= 0.3 is 0 Å². The monoisotopic (exact) mass is 481 g/mol. The molecule has 6 rings (SSSR count). The lowest BCUT2D eigenvalue weighted by atomic mass is 9.85. The number of fused-ring (bicyclic) bond motifs is 1. The summed E-state index contributed by atoms with van der Waals surface area (Å²) in [6.07, 6.45) is 14.3. The lowest BCUT2D eigenvalue weighted by Gasteiger charge is -2.21. The van der Waals surface area contributed by atoms with Crippen molar-refractivity contribution in [1.82, 2.24) is 10.3 Å². The summed E-state index contributed by atoms with van der Waals surface area (Å²) >= 11 is 1.45. The Bertz CT molecular complexity index is 1290. The van der Waals surface area contributed by atoms with E-state index in [1.165, 1.54) is 66.8 Å². The lowest BCUT2D eigenvalue weighted by Crippen LogP contribution is -2.20. The number of hydrogen-bond acceptors (Lipinski definition) is 4. The molecule has 1 N–H and O–H groups in total. The summed E-state index contributed by atoms with van der Waals surface area (Å²) in [5.74, 6) is 1.27. The van der Waals surface area contributed by atoms with Crippen molar-refractivity contribution >= 4 is 39.8 Å². The summed E-state index contributed by atoms with van der Waals surface area (Å²) in [5, 5.41) is 4.90. The molecule has 2 aromatic carbocycles. The van der Waals surface area contributed by atoms with E-state index >= 15 is 0 Å². The summed E-state index contributed by atoms with van der Waals surface area (Å²) < 4.78 is 0. The lowest BCUT2D eigenvalue weighted by molar-refractivity contribution is -0.115. The first-order valence-corrected chi connectivity index (χ1v) is 13.8. The Labute approximate surface area is 211 Å². The number of nitrogens with one attached hydrogen (secondary N) is 1. The van der Waals surface area contributed by atoms with Gasteiger partial charge < -0.3 is 5.32 Å². The van der Waals surface area contributed by atoms with Crippen LogP contribution in [-0.4, -0.2) is 22.1 Å². The molecule has 4 nitrogen and oxygen atoms in total. The summed E-state index contributed by atoms with van der Waals surface area (Å²) in [4.78, 5) is 22.8. The average molecular weight is 482 g/mol. The minimum absolute atomic E-state index is 0.0607. The van der Waals surface area contributed by atoms with Gasteiger partial charge in [-0.3, -0.25) is 14.8 Å². The topological polar surface area (TPSA) is 54.4 Å². The van der Waals surface area contributed by atoms with Gasteiger partial charge in [-0.05, 0) is 77.9 Å². The number of carbonyl (C=O) groups excluding carboxylic acids is 1. The summed E-state index contributed by atoms with van der Waals surface area (Å²) in [6.45, 7) is 0. The normalized spacial score (nSPS) is 24.9. The molecule has 0 bridgehead atoms. The van der Waals surface area contributed by atoms with E-state index in [1.54, 1.807) is 0 Å². The van der Waals surface area contributed by atoms with Gasteiger partial charge in [-0.1, -0.05) is 68.5 Å². The number of thioether (sulfide) groups is 1. The summed E-state index contributed by atoms with van der Waals surface area (Å²) in [5.41, 5.74) is 4.76. The van der Waals surface area contributed by atoms with Crippen LogP contribution in [0.25, 0.3) is 17.0 Å². The van der Waals surface area contributed by atoms with E-state index in [4.69, 9.17) is 4.99 Å². The van der Waals surface area contributed by atoms with Crippen LogP contribution >= 0.6 is 11.8 Å². The molecule has 1 saturated heterocycles. The maximum absolute atomic E-state index is 12.7. The number of pyridine rings is 1. The third kappa shape index (κ3) is 5.20. The summed E-state index contributed by atoms with van der Waals surface area (Å²) in [7, 11) is 0. The first-order chi connectivity index (χ1) is 17.2. The Kier molecular flexibility index (Phi) is 6.43. The first-order valence-electron chi connectivity index (χ1n) is 12.9. The molecular formula is C30H31N3OS. The predicted molar refractivity (Wildman–Crippen MR) is 145 cm³/mol. The fourth-order valence-corrected chi connectivity index (χ4v) is 6.42. The van der Waals surface area contributed by atoms with Crippen LogP contribution in [0.3, 0.4) is 0 Å². The van der Waals surface area contributed by atoms with Crippen LogP contribution < -0.4 is 5.32 Å². The number of carbonyl (C=O) groups is 1. The van der Waals surface area contributed by atoms with E-state index in [-0.39, 0.29) is 11.9 Å². The first kappa shape index (κ1) is 22.5. The second-order valence-electron chi connectivity index (χ2n) is 10.1. The minimum Gasteiger partial charge on any atom is -0.301 e. The van der Waals surface area contributed by atoms with Gasteiger partial charge in [0.15, 0.2) is 5.17 Å². The fourth-order valence-electron chi connectivity index (χ4n) is 5.54. The van der Waals surface area contributed by atoms with Gasteiger partial charge in [-0.2, -0.15) is 0 Å². The van der Waals surface area contributed by atoms with Crippen molar-refractivity contribution in [3.8, 4) is 0 Å². The molecule has 5 heteroatoms.